The van der Waals surface area contributed by atoms with Crippen LogP contribution in [-0.4, -0.2) is 22.1 Å². The van der Waals surface area contributed by atoms with E-state index < -0.39 is 0 Å². The van der Waals surface area contributed by atoms with Crippen molar-refractivity contribution in [3.8, 4) is 0 Å². The molecule has 0 saturated heterocycles. The minimum Gasteiger partial charge on any atom is -0.350 e. The number of aromatic nitrogens is 2. The number of nitrogens with one attached hydrogen (secondary N) is 2. The molecule has 1 heterocycles. The van der Waals surface area contributed by atoms with E-state index in [2.05, 4.69) is 15.5 Å². The molecule has 1 amide bonds. The zero-order valence-corrected chi connectivity index (χ0v) is 10.1. The molecule has 0 aliphatic rings. The van der Waals surface area contributed by atoms with Gasteiger partial charge in [-0.05, 0) is 11.5 Å². The van der Waals surface area contributed by atoms with Crippen LogP contribution >= 0.6 is 0 Å². The van der Waals surface area contributed by atoms with Crippen LogP contribution in [0.1, 0.15) is 32.9 Å². The maximum absolute atomic E-state index is 11.6. The molecule has 1 atom stereocenters. The molecule has 4 N–H and O–H groups in total. The van der Waals surface area contributed by atoms with Crippen molar-refractivity contribution in [3.05, 3.63) is 18.0 Å². The second kappa shape index (κ2) is 5.12. The van der Waals surface area contributed by atoms with Crippen LogP contribution in [0.25, 0.3) is 0 Å². The van der Waals surface area contributed by atoms with Crippen molar-refractivity contribution < 1.29 is 4.79 Å². The molecule has 0 aromatic carbocycles. The summed E-state index contributed by atoms with van der Waals surface area (Å²) in [4.78, 5) is 11.6. The smallest absolute Gasteiger partial charge is 0.221 e. The fourth-order valence-corrected chi connectivity index (χ4v) is 1.16. The number of carbonyl (C=O) groups excluding carboxylic acids is 1. The summed E-state index contributed by atoms with van der Waals surface area (Å²) in [6.07, 6.45) is 2.00. The topological polar surface area (TPSA) is 83.8 Å². The lowest BCUT2D eigenvalue weighted by Crippen LogP contribution is -2.40. The molecule has 1 aromatic rings. The SMILES string of the molecule is CC(C)(C)C(N)CC(=O)NCc1ccn[nH]1. The van der Waals surface area contributed by atoms with Gasteiger partial charge in [-0.15, -0.1) is 0 Å². The molecule has 0 saturated carbocycles. The highest BCUT2D eigenvalue weighted by atomic mass is 16.1. The normalized spacial score (nSPS) is 13.5. The first-order chi connectivity index (χ1) is 7.39. The quantitative estimate of drug-likeness (QED) is 0.707. The minimum atomic E-state index is -0.130. The van der Waals surface area contributed by atoms with Gasteiger partial charge in [-0.3, -0.25) is 9.89 Å². The fraction of sp³-hybridized carbons (Fsp3) is 0.636. The molecule has 0 radical (unpaired) electrons. The number of H-pyrrole nitrogens is 1. The summed E-state index contributed by atoms with van der Waals surface area (Å²) < 4.78 is 0. The van der Waals surface area contributed by atoms with Gasteiger partial charge in [-0.2, -0.15) is 5.10 Å². The lowest BCUT2D eigenvalue weighted by Gasteiger charge is -2.26. The Labute approximate surface area is 95.8 Å². The van der Waals surface area contributed by atoms with Gasteiger partial charge in [-0.1, -0.05) is 20.8 Å². The van der Waals surface area contributed by atoms with Crippen LogP contribution in [-0.2, 0) is 11.3 Å². The van der Waals surface area contributed by atoms with Gasteiger partial charge in [0.15, 0.2) is 0 Å². The van der Waals surface area contributed by atoms with Crippen molar-refractivity contribution in [1.29, 1.82) is 0 Å². The number of carbonyl (C=O) groups is 1. The third kappa shape index (κ3) is 4.02. The number of nitrogens with zero attached hydrogens (tertiary/aromatic N) is 1. The van der Waals surface area contributed by atoms with E-state index in [4.69, 9.17) is 5.73 Å². The predicted octanol–water partition coefficient (Wildman–Crippen LogP) is 0.789. The van der Waals surface area contributed by atoms with E-state index in [0.717, 1.165) is 5.69 Å². The van der Waals surface area contributed by atoms with E-state index in [1.54, 1.807) is 6.20 Å². The lowest BCUT2D eigenvalue weighted by molar-refractivity contribution is -0.122. The number of amides is 1. The number of hydrogen-bond acceptors (Lipinski definition) is 3. The number of rotatable bonds is 4. The average Bonchev–Trinajstić information content (AvgIpc) is 2.65. The molecule has 0 spiro atoms. The number of hydrogen-bond donors (Lipinski definition) is 3. The third-order valence-electron chi connectivity index (χ3n) is 2.55. The van der Waals surface area contributed by atoms with Crippen molar-refractivity contribution in [3.63, 3.8) is 0 Å². The molecule has 5 nitrogen and oxygen atoms in total. The van der Waals surface area contributed by atoms with Crippen LogP contribution in [0.15, 0.2) is 12.3 Å². The molecule has 5 heteroatoms. The van der Waals surface area contributed by atoms with Crippen LogP contribution in [0.2, 0.25) is 0 Å². The van der Waals surface area contributed by atoms with Crippen LogP contribution in [0.4, 0.5) is 0 Å². The summed E-state index contributed by atoms with van der Waals surface area (Å²) in [5.41, 5.74) is 6.76. The van der Waals surface area contributed by atoms with Crippen LogP contribution in [0, 0.1) is 5.41 Å². The molecule has 1 rings (SSSR count). The van der Waals surface area contributed by atoms with Gasteiger partial charge in [0.1, 0.15) is 0 Å². The Balaban J connectivity index is 2.31. The third-order valence-corrected chi connectivity index (χ3v) is 2.55. The zero-order chi connectivity index (χ0) is 12.2. The van der Waals surface area contributed by atoms with E-state index in [1.165, 1.54) is 0 Å². The molecular formula is C11H20N4O. The van der Waals surface area contributed by atoms with Gasteiger partial charge in [0.2, 0.25) is 5.91 Å². The zero-order valence-electron chi connectivity index (χ0n) is 10.1. The monoisotopic (exact) mass is 224 g/mol. The maximum Gasteiger partial charge on any atom is 0.221 e. The van der Waals surface area contributed by atoms with E-state index in [9.17, 15) is 4.79 Å². The van der Waals surface area contributed by atoms with E-state index in [-0.39, 0.29) is 17.4 Å². The molecule has 1 aromatic heterocycles. The van der Waals surface area contributed by atoms with Crippen molar-refractivity contribution in [2.75, 3.05) is 0 Å². The highest BCUT2D eigenvalue weighted by molar-refractivity contribution is 5.76. The van der Waals surface area contributed by atoms with Gasteiger partial charge < -0.3 is 11.1 Å². The second-order valence-electron chi connectivity index (χ2n) is 5.04. The van der Waals surface area contributed by atoms with Crippen LogP contribution in [0.3, 0.4) is 0 Å². The molecule has 0 fully saturated rings. The summed E-state index contributed by atoms with van der Waals surface area (Å²) in [6, 6.07) is 1.69. The van der Waals surface area contributed by atoms with Gasteiger partial charge in [0, 0.05) is 18.7 Å². The standard InChI is InChI=1S/C11H20N4O/c1-11(2,3)9(12)6-10(16)13-7-8-4-5-14-15-8/h4-5,9H,6-7,12H2,1-3H3,(H,13,16)(H,14,15). The molecule has 90 valence electrons. The van der Waals surface area contributed by atoms with E-state index >= 15 is 0 Å². The summed E-state index contributed by atoms with van der Waals surface area (Å²) in [5, 5.41) is 9.38. The van der Waals surface area contributed by atoms with Crippen molar-refractivity contribution in [2.24, 2.45) is 11.1 Å². The number of nitrogens with two attached hydrogens (primary N) is 1. The first-order valence-corrected chi connectivity index (χ1v) is 5.40. The van der Waals surface area contributed by atoms with Gasteiger partial charge in [0.05, 0.1) is 12.2 Å². The fourth-order valence-electron chi connectivity index (χ4n) is 1.16. The largest absolute Gasteiger partial charge is 0.350 e. The molecule has 0 bridgehead atoms. The Bertz CT molecular complexity index is 326. The van der Waals surface area contributed by atoms with Crippen LogP contribution < -0.4 is 11.1 Å². The molecule has 16 heavy (non-hydrogen) atoms. The second-order valence-corrected chi connectivity index (χ2v) is 5.04. The summed E-state index contributed by atoms with van der Waals surface area (Å²) in [7, 11) is 0. The predicted molar refractivity (Wildman–Crippen MR) is 62.5 cm³/mol. The van der Waals surface area contributed by atoms with E-state index in [1.807, 2.05) is 26.8 Å². The van der Waals surface area contributed by atoms with E-state index in [0.29, 0.717) is 13.0 Å². The van der Waals surface area contributed by atoms with Crippen molar-refractivity contribution >= 4 is 5.91 Å². The highest BCUT2D eigenvalue weighted by Gasteiger charge is 2.22. The molecule has 1 unspecified atom stereocenters. The Morgan fingerprint density at radius 2 is 2.31 bits per heavy atom. The van der Waals surface area contributed by atoms with Crippen molar-refractivity contribution in [1.82, 2.24) is 15.5 Å². The summed E-state index contributed by atoms with van der Waals surface area (Å²) in [6.45, 7) is 6.55. The summed E-state index contributed by atoms with van der Waals surface area (Å²) in [5.74, 6) is -0.0305. The Morgan fingerprint density at radius 1 is 1.62 bits per heavy atom. The highest BCUT2D eigenvalue weighted by Crippen LogP contribution is 2.19. The Kier molecular flexibility index (Phi) is 4.06. The van der Waals surface area contributed by atoms with Crippen molar-refractivity contribution in [2.45, 2.75) is 39.8 Å². The maximum atomic E-state index is 11.6. The number of aromatic amines is 1. The Hall–Kier alpha value is -1.36. The minimum absolute atomic E-state index is 0.0305. The van der Waals surface area contributed by atoms with Gasteiger partial charge in [0.25, 0.3) is 0 Å². The van der Waals surface area contributed by atoms with Crippen LogP contribution in [0.5, 0.6) is 0 Å². The first kappa shape index (κ1) is 12.7. The molecule has 0 aliphatic carbocycles. The Morgan fingerprint density at radius 3 is 2.81 bits per heavy atom. The first-order valence-electron chi connectivity index (χ1n) is 5.40. The molecule has 0 aliphatic heterocycles. The lowest BCUT2D eigenvalue weighted by atomic mass is 9.85. The average molecular weight is 224 g/mol. The van der Waals surface area contributed by atoms with Gasteiger partial charge in [-0.25, -0.2) is 0 Å². The van der Waals surface area contributed by atoms with Gasteiger partial charge >= 0.3 is 0 Å². The summed E-state index contributed by atoms with van der Waals surface area (Å²) >= 11 is 0. The molecular weight excluding hydrogens is 204 g/mol.